The molecule has 26 heavy (non-hydrogen) atoms. The van der Waals surface area contributed by atoms with Gasteiger partial charge in [0.2, 0.25) is 11.8 Å². The second-order valence-corrected chi connectivity index (χ2v) is 9.43. The third-order valence-electron chi connectivity index (χ3n) is 5.61. The molecule has 150 valence electrons. The van der Waals surface area contributed by atoms with Crippen molar-refractivity contribution < 1.29 is 14.8 Å². The second-order valence-electron chi connectivity index (χ2n) is 9.43. The molecule has 0 bridgehead atoms. The Hall–Kier alpha value is -1.18. The molecule has 1 unspecified atom stereocenters. The Morgan fingerprint density at radius 3 is 2.19 bits per heavy atom. The number of amides is 2. The van der Waals surface area contributed by atoms with E-state index in [0.29, 0.717) is 12.8 Å². The van der Waals surface area contributed by atoms with Crippen LogP contribution in [0, 0.1) is 5.92 Å². The van der Waals surface area contributed by atoms with Gasteiger partial charge in [-0.1, -0.05) is 13.8 Å². The molecule has 7 nitrogen and oxygen atoms in total. The number of hydroxylamine groups is 2. The van der Waals surface area contributed by atoms with E-state index in [4.69, 9.17) is 0 Å². The molecule has 0 radical (unpaired) electrons. The maximum Gasteiger partial charge on any atom is 0.243 e. The van der Waals surface area contributed by atoms with Gasteiger partial charge in [-0.25, -0.2) is 0 Å². The zero-order valence-corrected chi connectivity index (χ0v) is 17.1. The summed E-state index contributed by atoms with van der Waals surface area (Å²) in [6, 6.07) is -0.790. The largest absolute Gasteiger partial charge is 0.351 e. The lowest BCUT2D eigenvalue weighted by atomic mass is 9.79. The van der Waals surface area contributed by atoms with Crippen molar-refractivity contribution in [3.8, 4) is 0 Å². The topological polar surface area (TPSA) is 93.7 Å². The van der Waals surface area contributed by atoms with Crippen LogP contribution in [0.15, 0.2) is 0 Å². The smallest absolute Gasteiger partial charge is 0.243 e. The van der Waals surface area contributed by atoms with Crippen molar-refractivity contribution in [2.45, 2.75) is 96.4 Å². The SMILES string of the molecule is CC(C)C(NC(=O)[C@@H]1CCCN1)C(=O)NC1CC(C)(C)N(O)C(C)(C)C1. The summed E-state index contributed by atoms with van der Waals surface area (Å²) < 4.78 is 0. The van der Waals surface area contributed by atoms with Crippen LogP contribution in [-0.2, 0) is 9.59 Å². The fourth-order valence-corrected chi connectivity index (χ4v) is 4.36. The summed E-state index contributed by atoms with van der Waals surface area (Å²) in [6.45, 7) is 12.6. The molecule has 2 heterocycles. The van der Waals surface area contributed by atoms with Gasteiger partial charge < -0.3 is 21.2 Å². The zero-order chi connectivity index (χ0) is 19.7. The summed E-state index contributed by atoms with van der Waals surface area (Å²) in [5.41, 5.74) is -0.853. The molecular weight excluding hydrogens is 332 g/mol. The van der Waals surface area contributed by atoms with E-state index in [0.717, 1.165) is 19.4 Å². The fraction of sp³-hybridized carbons (Fsp3) is 0.895. The van der Waals surface area contributed by atoms with Gasteiger partial charge in [0.15, 0.2) is 0 Å². The van der Waals surface area contributed by atoms with Crippen molar-refractivity contribution >= 4 is 11.8 Å². The molecular formula is C19H36N4O3. The molecule has 2 saturated heterocycles. The Labute approximate surface area is 157 Å². The van der Waals surface area contributed by atoms with E-state index in [9.17, 15) is 14.8 Å². The molecule has 0 aromatic carbocycles. The number of nitrogens with one attached hydrogen (secondary N) is 3. The average Bonchev–Trinajstić information content (AvgIpc) is 3.03. The number of carbonyl (C=O) groups is 2. The first kappa shape index (κ1) is 21.1. The van der Waals surface area contributed by atoms with Gasteiger partial charge in [-0.3, -0.25) is 9.59 Å². The lowest BCUT2D eigenvalue weighted by Crippen LogP contribution is -2.64. The minimum atomic E-state index is -0.553. The highest BCUT2D eigenvalue weighted by Gasteiger charge is 2.45. The third kappa shape index (κ3) is 4.75. The molecule has 2 fully saturated rings. The maximum absolute atomic E-state index is 12.9. The molecule has 2 atom stereocenters. The predicted octanol–water partition coefficient (Wildman–Crippen LogP) is 1.41. The van der Waals surface area contributed by atoms with E-state index < -0.39 is 17.1 Å². The molecule has 0 aromatic heterocycles. The maximum atomic E-state index is 12.9. The standard InChI is InChI=1S/C19H36N4O3/c1-12(2)15(22-16(24)14-8-7-9-20-14)17(25)21-13-10-18(3,4)23(26)19(5,6)11-13/h12-15,20,26H,7-11H2,1-6H3,(H,21,25)(H,22,24)/t14-,15?/m0/s1. The Morgan fingerprint density at radius 1 is 1.15 bits per heavy atom. The monoisotopic (exact) mass is 368 g/mol. The number of hydrogen-bond donors (Lipinski definition) is 4. The van der Waals surface area contributed by atoms with Crippen LogP contribution < -0.4 is 16.0 Å². The molecule has 0 aliphatic carbocycles. The highest BCUT2D eigenvalue weighted by Crippen LogP contribution is 2.36. The lowest BCUT2D eigenvalue weighted by molar-refractivity contribution is -0.246. The zero-order valence-electron chi connectivity index (χ0n) is 17.1. The molecule has 0 saturated carbocycles. The van der Waals surface area contributed by atoms with Gasteiger partial charge in [-0.05, 0) is 65.8 Å². The van der Waals surface area contributed by atoms with Crippen LogP contribution in [0.25, 0.3) is 0 Å². The van der Waals surface area contributed by atoms with Crippen LogP contribution in [0.3, 0.4) is 0 Å². The van der Waals surface area contributed by atoms with Crippen molar-refractivity contribution in [3.63, 3.8) is 0 Å². The van der Waals surface area contributed by atoms with E-state index in [1.165, 1.54) is 5.06 Å². The van der Waals surface area contributed by atoms with E-state index in [1.807, 2.05) is 41.5 Å². The first-order valence-electron chi connectivity index (χ1n) is 9.77. The number of hydrogen-bond acceptors (Lipinski definition) is 5. The van der Waals surface area contributed by atoms with Crippen LogP contribution >= 0.6 is 0 Å². The molecule has 0 aromatic rings. The number of rotatable bonds is 5. The van der Waals surface area contributed by atoms with Crippen molar-refractivity contribution in [2.75, 3.05) is 6.54 Å². The van der Waals surface area contributed by atoms with Crippen LogP contribution in [0.2, 0.25) is 0 Å². The molecule has 2 amide bonds. The van der Waals surface area contributed by atoms with Crippen LogP contribution in [0.5, 0.6) is 0 Å². The summed E-state index contributed by atoms with van der Waals surface area (Å²) in [7, 11) is 0. The third-order valence-corrected chi connectivity index (χ3v) is 5.61. The molecule has 2 aliphatic heterocycles. The Bertz CT molecular complexity index is 509. The normalized spacial score (nSPS) is 27.3. The second kappa shape index (κ2) is 7.82. The van der Waals surface area contributed by atoms with Gasteiger partial charge in [0.05, 0.1) is 6.04 Å². The van der Waals surface area contributed by atoms with Gasteiger partial charge in [0.1, 0.15) is 6.04 Å². The summed E-state index contributed by atoms with van der Waals surface area (Å²) in [5, 5.41) is 21.0. The Morgan fingerprint density at radius 2 is 1.73 bits per heavy atom. The van der Waals surface area contributed by atoms with Gasteiger partial charge in [-0.2, -0.15) is 5.06 Å². The predicted molar refractivity (Wildman–Crippen MR) is 101 cm³/mol. The average molecular weight is 369 g/mol. The van der Waals surface area contributed by atoms with Gasteiger partial charge in [0, 0.05) is 17.1 Å². The summed E-state index contributed by atoms with van der Waals surface area (Å²) >= 11 is 0. The van der Waals surface area contributed by atoms with Crippen LogP contribution in [0.1, 0.15) is 67.2 Å². The molecule has 0 spiro atoms. The minimum Gasteiger partial charge on any atom is -0.351 e. The highest BCUT2D eigenvalue weighted by molar-refractivity contribution is 5.90. The lowest BCUT2D eigenvalue weighted by Gasteiger charge is -2.51. The quantitative estimate of drug-likeness (QED) is 0.589. The van der Waals surface area contributed by atoms with Crippen LogP contribution in [-0.4, -0.2) is 57.8 Å². The Balaban J connectivity index is 2.01. The number of nitrogens with zero attached hydrogens (tertiary/aromatic N) is 1. The van der Waals surface area contributed by atoms with Crippen molar-refractivity contribution in [2.24, 2.45) is 5.92 Å². The first-order valence-corrected chi connectivity index (χ1v) is 9.77. The Kier molecular flexibility index (Phi) is 6.36. The minimum absolute atomic E-state index is 0.000644. The number of carbonyl (C=O) groups excluding carboxylic acids is 2. The van der Waals surface area contributed by atoms with E-state index >= 15 is 0 Å². The van der Waals surface area contributed by atoms with E-state index in [2.05, 4.69) is 16.0 Å². The van der Waals surface area contributed by atoms with Gasteiger partial charge >= 0.3 is 0 Å². The summed E-state index contributed by atoms with van der Waals surface area (Å²) in [4.78, 5) is 25.3. The van der Waals surface area contributed by atoms with Gasteiger partial charge in [-0.15, -0.1) is 0 Å². The van der Waals surface area contributed by atoms with E-state index in [-0.39, 0.29) is 29.8 Å². The van der Waals surface area contributed by atoms with E-state index in [1.54, 1.807) is 0 Å². The van der Waals surface area contributed by atoms with Gasteiger partial charge in [0.25, 0.3) is 0 Å². The van der Waals surface area contributed by atoms with Crippen LogP contribution in [0.4, 0.5) is 0 Å². The van der Waals surface area contributed by atoms with Crippen molar-refractivity contribution in [1.82, 2.24) is 21.0 Å². The molecule has 7 heteroatoms. The summed E-state index contributed by atoms with van der Waals surface area (Å²) in [5.74, 6) is -0.240. The van der Waals surface area contributed by atoms with Crippen molar-refractivity contribution in [3.05, 3.63) is 0 Å². The van der Waals surface area contributed by atoms with Crippen molar-refractivity contribution in [1.29, 1.82) is 0 Å². The fourth-order valence-electron chi connectivity index (χ4n) is 4.36. The summed E-state index contributed by atoms with van der Waals surface area (Å²) in [6.07, 6.45) is 3.11. The highest BCUT2D eigenvalue weighted by atomic mass is 16.5. The molecule has 2 aliphatic rings. The number of piperidine rings is 1. The first-order chi connectivity index (χ1) is 11.9. The molecule has 2 rings (SSSR count). The molecule has 4 N–H and O–H groups in total.